The Morgan fingerprint density at radius 2 is 1.80 bits per heavy atom. The van der Waals surface area contributed by atoms with Gasteiger partial charge in [-0.3, -0.25) is 9.78 Å². The van der Waals surface area contributed by atoms with Crippen LogP contribution in [-0.2, 0) is 6.42 Å². The molecule has 4 rings (SSSR count). The minimum atomic E-state index is -1.17. The zero-order chi connectivity index (χ0) is 24.1. The second-order valence-electron chi connectivity index (χ2n) is 7.64. The summed E-state index contributed by atoms with van der Waals surface area (Å²) in [5, 5.41) is 23.1. The Balaban J connectivity index is 0.00000342. The summed E-state index contributed by atoms with van der Waals surface area (Å²) in [6.45, 7) is -0.510. The second kappa shape index (κ2) is 11.9. The van der Waals surface area contributed by atoms with E-state index >= 15 is 0 Å². The summed E-state index contributed by atoms with van der Waals surface area (Å²) in [6.07, 6.45) is 0.703. The standard InChI is InChI=1S/C25H23FN4O3S.ClH/c26-16-10-8-15(9-11-16)22-23(27)30-25(34-22)19-7-2-1-6-18(19)24(33)29-20(21(32)14-31)13-17-5-3-4-12-28-17;/h1-12,20-21,31-32H,13-14,27H2,(H,29,33);1H/t20-,21-;/m1./s1. The van der Waals surface area contributed by atoms with Gasteiger partial charge in [0.1, 0.15) is 16.6 Å². The van der Waals surface area contributed by atoms with Crippen molar-refractivity contribution in [3.63, 3.8) is 0 Å². The molecule has 0 aliphatic rings. The van der Waals surface area contributed by atoms with Crippen LogP contribution in [0.25, 0.3) is 21.0 Å². The third-order valence-corrected chi connectivity index (χ3v) is 6.44. The number of aromatic nitrogens is 2. The molecule has 7 nitrogen and oxygen atoms in total. The van der Waals surface area contributed by atoms with Crippen LogP contribution in [0.1, 0.15) is 16.1 Å². The number of nitrogens with zero attached hydrogens (tertiary/aromatic N) is 2. The first-order valence-electron chi connectivity index (χ1n) is 10.6. The maximum absolute atomic E-state index is 13.3. The lowest BCUT2D eigenvalue weighted by Crippen LogP contribution is -2.46. The third kappa shape index (κ3) is 6.20. The van der Waals surface area contributed by atoms with Crippen LogP contribution in [0.15, 0.2) is 72.9 Å². The Morgan fingerprint density at radius 3 is 2.49 bits per heavy atom. The Bertz CT molecular complexity index is 1270. The summed E-state index contributed by atoms with van der Waals surface area (Å²) in [4.78, 5) is 22.6. The zero-order valence-corrected chi connectivity index (χ0v) is 20.1. The van der Waals surface area contributed by atoms with Crippen LogP contribution in [0.5, 0.6) is 0 Å². The van der Waals surface area contributed by atoms with Gasteiger partial charge in [0.25, 0.3) is 5.91 Å². The molecule has 2 aromatic carbocycles. The van der Waals surface area contributed by atoms with Crippen LogP contribution in [-0.4, -0.2) is 44.8 Å². The van der Waals surface area contributed by atoms with E-state index in [4.69, 9.17) is 5.73 Å². The van der Waals surface area contributed by atoms with Gasteiger partial charge in [0, 0.05) is 29.4 Å². The lowest BCUT2D eigenvalue weighted by atomic mass is 10.0. The number of thiazole rings is 1. The molecule has 5 N–H and O–H groups in total. The van der Waals surface area contributed by atoms with Crippen LogP contribution in [0, 0.1) is 5.82 Å². The molecular weight excluding hydrogens is 491 g/mol. The lowest BCUT2D eigenvalue weighted by molar-refractivity contribution is 0.0565. The maximum atomic E-state index is 13.3. The summed E-state index contributed by atoms with van der Waals surface area (Å²) in [7, 11) is 0. The number of halogens is 2. The molecule has 0 aliphatic heterocycles. The number of aliphatic hydroxyl groups excluding tert-OH is 2. The number of nitrogen functional groups attached to an aromatic ring is 1. The zero-order valence-electron chi connectivity index (χ0n) is 18.5. The quantitative estimate of drug-likeness (QED) is 0.284. The van der Waals surface area contributed by atoms with Gasteiger partial charge in [-0.1, -0.05) is 36.4 Å². The molecule has 1 amide bonds. The molecule has 0 saturated heterocycles. The highest BCUT2D eigenvalue weighted by atomic mass is 35.5. The van der Waals surface area contributed by atoms with Gasteiger partial charge in [-0.15, -0.1) is 23.7 Å². The molecule has 2 heterocycles. The van der Waals surface area contributed by atoms with E-state index in [-0.39, 0.29) is 30.5 Å². The molecule has 182 valence electrons. The summed E-state index contributed by atoms with van der Waals surface area (Å²) >= 11 is 1.30. The Hall–Kier alpha value is -3.37. The van der Waals surface area contributed by atoms with Crippen LogP contribution >= 0.6 is 23.7 Å². The second-order valence-corrected chi connectivity index (χ2v) is 8.64. The van der Waals surface area contributed by atoms with Gasteiger partial charge >= 0.3 is 0 Å². The number of hydrogen-bond donors (Lipinski definition) is 4. The van der Waals surface area contributed by atoms with E-state index < -0.39 is 24.7 Å². The van der Waals surface area contributed by atoms with Crippen molar-refractivity contribution in [2.75, 3.05) is 12.3 Å². The number of aliphatic hydroxyl groups is 2. The van der Waals surface area contributed by atoms with E-state index in [1.54, 1.807) is 54.7 Å². The topological polar surface area (TPSA) is 121 Å². The molecule has 2 aromatic heterocycles. The van der Waals surface area contributed by atoms with Gasteiger partial charge in [-0.2, -0.15) is 0 Å². The minimum absolute atomic E-state index is 0. The Morgan fingerprint density at radius 1 is 1.09 bits per heavy atom. The van der Waals surface area contributed by atoms with Crippen molar-refractivity contribution >= 4 is 35.5 Å². The smallest absolute Gasteiger partial charge is 0.252 e. The van der Waals surface area contributed by atoms with Crippen LogP contribution in [0.3, 0.4) is 0 Å². The highest BCUT2D eigenvalue weighted by Gasteiger charge is 2.24. The maximum Gasteiger partial charge on any atom is 0.252 e. The molecule has 0 fully saturated rings. The number of benzene rings is 2. The van der Waals surface area contributed by atoms with Crippen molar-refractivity contribution in [2.45, 2.75) is 18.6 Å². The summed E-state index contributed by atoms with van der Waals surface area (Å²) in [5.41, 5.74) is 8.45. The molecule has 0 spiro atoms. The molecule has 4 aromatic rings. The monoisotopic (exact) mass is 514 g/mol. The van der Waals surface area contributed by atoms with Gasteiger partial charge < -0.3 is 21.3 Å². The van der Waals surface area contributed by atoms with E-state index in [0.29, 0.717) is 26.7 Å². The SMILES string of the molecule is Cl.Nc1nc(-c2ccccc2C(=O)N[C@H](Cc2ccccn2)[C@H](O)CO)sc1-c1ccc(F)cc1. The summed E-state index contributed by atoms with van der Waals surface area (Å²) < 4.78 is 13.3. The first-order valence-corrected chi connectivity index (χ1v) is 11.4. The molecule has 35 heavy (non-hydrogen) atoms. The number of nitrogens with one attached hydrogen (secondary N) is 1. The molecule has 0 bridgehead atoms. The lowest BCUT2D eigenvalue weighted by Gasteiger charge is -2.23. The molecule has 0 saturated carbocycles. The molecule has 0 radical (unpaired) electrons. The van der Waals surface area contributed by atoms with Gasteiger partial charge in [0.2, 0.25) is 0 Å². The van der Waals surface area contributed by atoms with Crippen molar-refractivity contribution in [3.05, 3.63) is 90.0 Å². The number of carbonyl (C=O) groups excluding carboxylic acids is 1. The predicted octanol–water partition coefficient (Wildman–Crippen LogP) is 3.71. The average Bonchev–Trinajstić information content (AvgIpc) is 3.25. The van der Waals surface area contributed by atoms with Crippen molar-refractivity contribution in [3.8, 4) is 21.0 Å². The predicted molar refractivity (Wildman–Crippen MR) is 137 cm³/mol. The number of anilines is 1. The highest BCUT2D eigenvalue weighted by molar-refractivity contribution is 7.19. The van der Waals surface area contributed by atoms with E-state index in [2.05, 4.69) is 15.3 Å². The van der Waals surface area contributed by atoms with Crippen LogP contribution in [0.2, 0.25) is 0 Å². The number of nitrogens with two attached hydrogens (primary N) is 1. The van der Waals surface area contributed by atoms with Crippen molar-refractivity contribution in [1.29, 1.82) is 0 Å². The first-order chi connectivity index (χ1) is 16.5. The van der Waals surface area contributed by atoms with Crippen molar-refractivity contribution < 1.29 is 19.4 Å². The van der Waals surface area contributed by atoms with E-state index in [1.165, 1.54) is 23.5 Å². The number of pyridine rings is 1. The van der Waals surface area contributed by atoms with Crippen molar-refractivity contribution in [1.82, 2.24) is 15.3 Å². The largest absolute Gasteiger partial charge is 0.394 e. The molecule has 0 aliphatic carbocycles. The van der Waals surface area contributed by atoms with Gasteiger partial charge in [-0.05, 0) is 35.9 Å². The number of hydrogen-bond acceptors (Lipinski definition) is 7. The number of carbonyl (C=O) groups is 1. The molecular formula is C25H24ClFN4O3S. The van der Waals surface area contributed by atoms with Crippen LogP contribution in [0.4, 0.5) is 10.2 Å². The normalized spacial score (nSPS) is 12.4. The van der Waals surface area contributed by atoms with E-state index in [9.17, 15) is 19.4 Å². The number of amides is 1. The molecule has 0 unspecified atom stereocenters. The third-order valence-electron chi connectivity index (χ3n) is 5.29. The van der Waals surface area contributed by atoms with E-state index in [1.807, 2.05) is 6.07 Å². The molecule has 2 atom stereocenters. The Labute approximate surface area is 211 Å². The number of rotatable bonds is 8. The van der Waals surface area contributed by atoms with Gasteiger partial charge in [-0.25, -0.2) is 9.37 Å². The molecule has 10 heteroatoms. The average molecular weight is 515 g/mol. The summed E-state index contributed by atoms with van der Waals surface area (Å²) in [5.74, 6) is -0.494. The fourth-order valence-corrected chi connectivity index (χ4v) is 4.55. The fourth-order valence-electron chi connectivity index (χ4n) is 3.52. The minimum Gasteiger partial charge on any atom is -0.394 e. The summed E-state index contributed by atoms with van der Waals surface area (Å²) in [6, 6.07) is 17.5. The highest BCUT2D eigenvalue weighted by Crippen LogP contribution is 2.38. The fraction of sp³-hybridized carbons (Fsp3) is 0.160. The van der Waals surface area contributed by atoms with E-state index in [0.717, 1.165) is 5.56 Å². The van der Waals surface area contributed by atoms with Crippen LogP contribution < -0.4 is 11.1 Å². The van der Waals surface area contributed by atoms with Gasteiger partial charge in [0.05, 0.1) is 23.6 Å². The Kier molecular flexibility index (Phi) is 8.89. The first kappa shape index (κ1) is 26.2. The van der Waals surface area contributed by atoms with Crippen molar-refractivity contribution in [2.24, 2.45) is 0 Å². The van der Waals surface area contributed by atoms with Gasteiger partial charge in [0.15, 0.2) is 0 Å².